The van der Waals surface area contributed by atoms with E-state index in [2.05, 4.69) is 22.0 Å². The number of benzene rings is 4. The second-order valence-electron chi connectivity index (χ2n) is 8.82. The van der Waals surface area contributed by atoms with Crippen molar-refractivity contribution in [3.05, 3.63) is 129 Å². The van der Waals surface area contributed by atoms with E-state index in [1.165, 1.54) is 19.2 Å². The molecule has 0 amide bonds. The first kappa shape index (κ1) is 26.8. The van der Waals surface area contributed by atoms with E-state index < -0.39 is 11.9 Å². The van der Waals surface area contributed by atoms with Gasteiger partial charge in [-0.2, -0.15) is 5.26 Å². The molecule has 2 N–H and O–H groups in total. The number of rotatable bonds is 7. The van der Waals surface area contributed by atoms with Crippen LogP contribution in [0.15, 0.2) is 101 Å². The molecule has 1 atom stereocenters. The number of nitrogens with zero attached hydrogens (tertiary/aromatic N) is 1. The lowest BCUT2D eigenvalue weighted by molar-refractivity contribution is 0.0733. The molecule has 40 heavy (non-hydrogen) atoms. The summed E-state index contributed by atoms with van der Waals surface area (Å²) < 4.78 is 36.7. The lowest BCUT2D eigenvalue weighted by Crippen LogP contribution is -2.21. The Morgan fingerprint density at radius 2 is 1.82 bits per heavy atom. The van der Waals surface area contributed by atoms with Gasteiger partial charge in [0.15, 0.2) is 11.5 Å². The number of carbonyl (C=O) groups is 1. The lowest BCUT2D eigenvalue weighted by atomic mass is 9.83. The molecule has 1 aliphatic heterocycles. The van der Waals surface area contributed by atoms with E-state index in [-0.39, 0.29) is 29.6 Å². The van der Waals surface area contributed by atoms with Crippen LogP contribution in [-0.2, 0) is 6.61 Å². The van der Waals surface area contributed by atoms with Crippen LogP contribution in [0.4, 0.5) is 4.39 Å². The van der Waals surface area contributed by atoms with Crippen molar-refractivity contribution < 1.29 is 28.1 Å². The van der Waals surface area contributed by atoms with E-state index >= 15 is 0 Å². The van der Waals surface area contributed by atoms with Crippen molar-refractivity contribution in [3.63, 3.8) is 0 Å². The number of nitrogens with two attached hydrogens (primary N) is 1. The maximum Gasteiger partial charge on any atom is 0.344 e. The highest BCUT2D eigenvalue weighted by molar-refractivity contribution is 9.10. The maximum absolute atomic E-state index is 13.2. The molecule has 4 aromatic carbocycles. The van der Waals surface area contributed by atoms with Gasteiger partial charge in [-0.3, -0.25) is 0 Å². The fourth-order valence-electron chi connectivity index (χ4n) is 4.36. The maximum atomic E-state index is 13.2. The van der Waals surface area contributed by atoms with Gasteiger partial charge in [-0.1, -0.05) is 36.4 Å². The van der Waals surface area contributed by atoms with E-state index in [1.807, 2.05) is 6.07 Å². The van der Waals surface area contributed by atoms with Crippen LogP contribution in [0.2, 0.25) is 0 Å². The Kier molecular flexibility index (Phi) is 7.71. The second-order valence-corrected chi connectivity index (χ2v) is 9.67. The summed E-state index contributed by atoms with van der Waals surface area (Å²) in [5.41, 5.74) is 8.93. The summed E-state index contributed by atoms with van der Waals surface area (Å²) in [6.45, 7) is 0.216. The lowest BCUT2D eigenvalue weighted by Gasteiger charge is -2.27. The summed E-state index contributed by atoms with van der Waals surface area (Å²) in [4.78, 5) is 12.7. The van der Waals surface area contributed by atoms with Crippen LogP contribution in [-0.4, -0.2) is 13.1 Å². The van der Waals surface area contributed by atoms with Crippen LogP contribution in [0, 0.1) is 17.1 Å². The molecule has 200 valence electrons. The molecule has 0 aliphatic carbocycles. The number of halogens is 2. The van der Waals surface area contributed by atoms with E-state index in [0.29, 0.717) is 38.4 Å². The van der Waals surface area contributed by atoms with Gasteiger partial charge in [0, 0.05) is 16.1 Å². The zero-order chi connectivity index (χ0) is 28.2. The Balaban J connectivity index is 1.44. The van der Waals surface area contributed by atoms with Crippen molar-refractivity contribution in [2.75, 3.05) is 7.11 Å². The Hall–Kier alpha value is -4.81. The topological polar surface area (TPSA) is 104 Å². The first-order valence-corrected chi connectivity index (χ1v) is 12.9. The number of esters is 1. The molecule has 0 spiro atoms. The zero-order valence-corrected chi connectivity index (χ0v) is 22.8. The highest BCUT2D eigenvalue weighted by atomic mass is 79.9. The van der Waals surface area contributed by atoms with Gasteiger partial charge >= 0.3 is 5.97 Å². The molecule has 0 bridgehead atoms. The third-order valence-corrected chi connectivity index (χ3v) is 7.01. The third-order valence-electron chi connectivity index (χ3n) is 6.32. The Labute approximate surface area is 238 Å². The smallest absolute Gasteiger partial charge is 0.344 e. The molecule has 7 nitrogen and oxygen atoms in total. The van der Waals surface area contributed by atoms with Crippen molar-refractivity contribution in [2.45, 2.75) is 12.5 Å². The molecule has 5 rings (SSSR count). The molecule has 0 saturated heterocycles. The monoisotopic (exact) mass is 600 g/mol. The number of hydrogen-bond acceptors (Lipinski definition) is 7. The summed E-state index contributed by atoms with van der Waals surface area (Å²) in [5.74, 6) is 0.0598. The fraction of sp³-hybridized carbons (Fsp3) is 0.0968. The fourth-order valence-corrected chi connectivity index (χ4v) is 4.80. The van der Waals surface area contributed by atoms with Gasteiger partial charge in [0.05, 0.1) is 18.6 Å². The van der Waals surface area contributed by atoms with Crippen LogP contribution in [0.5, 0.6) is 23.0 Å². The molecular formula is C31H22BrFN2O5. The summed E-state index contributed by atoms with van der Waals surface area (Å²) >= 11 is 3.36. The van der Waals surface area contributed by atoms with Gasteiger partial charge in [0.2, 0.25) is 5.88 Å². The number of methoxy groups -OCH3 is 1. The SMILES string of the molecule is COc1cc(C2C(C#N)=C(N)Oc3cc(OC(=O)c4ccccc4Br)ccc32)ccc1OCc1ccc(F)cc1. The molecule has 9 heteroatoms. The van der Waals surface area contributed by atoms with Gasteiger partial charge in [-0.15, -0.1) is 0 Å². The van der Waals surface area contributed by atoms with E-state index in [1.54, 1.807) is 66.7 Å². The predicted molar refractivity (Wildman–Crippen MR) is 149 cm³/mol. The summed E-state index contributed by atoms with van der Waals surface area (Å²) in [6.07, 6.45) is 0. The van der Waals surface area contributed by atoms with E-state index in [9.17, 15) is 14.4 Å². The molecule has 0 aromatic heterocycles. The molecule has 1 unspecified atom stereocenters. The average Bonchev–Trinajstić information content (AvgIpc) is 2.96. The largest absolute Gasteiger partial charge is 0.493 e. The minimum Gasteiger partial charge on any atom is -0.493 e. The first-order valence-electron chi connectivity index (χ1n) is 12.1. The van der Waals surface area contributed by atoms with Gasteiger partial charge in [0.25, 0.3) is 0 Å². The molecule has 4 aromatic rings. The molecular weight excluding hydrogens is 579 g/mol. The van der Waals surface area contributed by atoms with Gasteiger partial charge in [-0.25, -0.2) is 9.18 Å². The highest BCUT2D eigenvalue weighted by Gasteiger charge is 2.32. The zero-order valence-electron chi connectivity index (χ0n) is 21.2. The van der Waals surface area contributed by atoms with Crippen LogP contribution >= 0.6 is 15.9 Å². The van der Waals surface area contributed by atoms with Crippen molar-refractivity contribution in [1.82, 2.24) is 0 Å². The number of ether oxygens (including phenoxy) is 4. The Morgan fingerprint density at radius 1 is 1.05 bits per heavy atom. The normalized spacial score (nSPS) is 14.0. The van der Waals surface area contributed by atoms with Crippen molar-refractivity contribution in [3.8, 4) is 29.1 Å². The summed E-state index contributed by atoms with van der Waals surface area (Å²) in [7, 11) is 1.52. The quantitative estimate of drug-likeness (QED) is 0.188. The van der Waals surface area contributed by atoms with Crippen molar-refractivity contribution in [1.29, 1.82) is 5.26 Å². The van der Waals surface area contributed by atoms with Crippen LogP contribution in [0.25, 0.3) is 0 Å². The van der Waals surface area contributed by atoms with Gasteiger partial charge in [-0.05, 0) is 69.5 Å². The first-order chi connectivity index (χ1) is 19.4. The molecule has 1 aliphatic rings. The van der Waals surface area contributed by atoms with Crippen LogP contribution < -0.4 is 24.7 Å². The molecule has 0 fully saturated rings. The van der Waals surface area contributed by atoms with Crippen LogP contribution in [0.1, 0.15) is 33.0 Å². The standard InChI is InChI=1S/C31H22BrFN2O5/c1-37-28-14-19(8-13-26(28)38-17-18-6-9-20(33)10-7-18)29-23-12-11-21(15-27(23)40-30(35)24(29)16-34)39-31(36)22-4-2-3-5-25(22)32/h2-15,29H,17,35H2,1H3. The minimum atomic E-state index is -0.568. The number of allylic oxidation sites excluding steroid dienone is 1. The van der Waals surface area contributed by atoms with Gasteiger partial charge < -0.3 is 24.7 Å². The Morgan fingerprint density at radius 3 is 2.55 bits per heavy atom. The Bertz CT molecular complexity index is 1660. The van der Waals surface area contributed by atoms with Gasteiger partial charge in [0.1, 0.15) is 35.6 Å². The predicted octanol–water partition coefficient (Wildman–Crippen LogP) is 6.61. The average molecular weight is 601 g/mol. The number of hydrogen-bond donors (Lipinski definition) is 1. The minimum absolute atomic E-state index is 0.0510. The molecule has 1 heterocycles. The van der Waals surface area contributed by atoms with E-state index in [0.717, 1.165) is 5.56 Å². The third kappa shape index (κ3) is 5.48. The number of nitriles is 1. The van der Waals surface area contributed by atoms with Crippen LogP contribution in [0.3, 0.4) is 0 Å². The summed E-state index contributed by atoms with van der Waals surface area (Å²) in [6, 6.07) is 25.4. The van der Waals surface area contributed by atoms with Crippen molar-refractivity contribution in [2.24, 2.45) is 5.73 Å². The van der Waals surface area contributed by atoms with Crippen molar-refractivity contribution >= 4 is 21.9 Å². The van der Waals surface area contributed by atoms with E-state index in [4.69, 9.17) is 24.7 Å². The molecule has 0 radical (unpaired) electrons. The number of carbonyl (C=O) groups excluding carboxylic acids is 1. The highest BCUT2D eigenvalue weighted by Crippen LogP contribution is 2.45. The molecule has 0 saturated carbocycles. The second kappa shape index (κ2) is 11.5. The summed E-state index contributed by atoms with van der Waals surface area (Å²) in [5, 5.41) is 9.93. The number of fused-ring (bicyclic) bond motifs is 1.